The minimum absolute atomic E-state index is 0.140. The van der Waals surface area contributed by atoms with Crippen LogP contribution in [0.15, 0.2) is 52.7 Å². The summed E-state index contributed by atoms with van der Waals surface area (Å²) in [6.45, 7) is 0.775. The number of methoxy groups -OCH3 is 1. The van der Waals surface area contributed by atoms with Gasteiger partial charge < -0.3 is 9.47 Å². The Labute approximate surface area is 150 Å². The molecule has 0 spiro atoms. The van der Waals surface area contributed by atoms with Crippen LogP contribution in [0.1, 0.15) is 11.5 Å². The van der Waals surface area contributed by atoms with Crippen molar-refractivity contribution in [1.29, 1.82) is 0 Å². The van der Waals surface area contributed by atoms with Crippen molar-refractivity contribution in [3.8, 4) is 11.5 Å². The second-order valence-corrected chi connectivity index (χ2v) is 5.77. The van der Waals surface area contributed by atoms with Gasteiger partial charge in [-0.05, 0) is 35.5 Å². The van der Waals surface area contributed by atoms with Crippen LogP contribution in [0.3, 0.4) is 0 Å². The first-order valence-electron chi connectivity index (χ1n) is 7.94. The average molecular weight is 354 g/mol. The van der Waals surface area contributed by atoms with Gasteiger partial charge in [0.05, 0.1) is 7.11 Å². The van der Waals surface area contributed by atoms with Gasteiger partial charge in [-0.2, -0.15) is 5.10 Å². The first-order valence-corrected chi connectivity index (χ1v) is 7.94. The van der Waals surface area contributed by atoms with E-state index in [2.05, 4.69) is 15.6 Å². The fourth-order valence-corrected chi connectivity index (χ4v) is 2.67. The van der Waals surface area contributed by atoms with Gasteiger partial charge >= 0.3 is 6.09 Å². The molecule has 0 aromatic heterocycles. The lowest BCUT2D eigenvalue weighted by molar-refractivity contribution is 0.215. The Balaban J connectivity index is 1.68. The van der Waals surface area contributed by atoms with Gasteiger partial charge in [0, 0.05) is 43.0 Å². The molecule has 0 saturated heterocycles. The molecule has 2 aromatic carbocycles. The van der Waals surface area contributed by atoms with Gasteiger partial charge in [0.2, 0.25) is 0 Å². The summed E-state index contributed by atoms with van der Waals surface area (Å²) in [5.41, 5.74) is 1.81. The highest BCUT2D eigenvalue weighted by Gasteiger charge is 2.21. The summed E-state index contributed by atoms with van der Waals surface area (Å²) in [6.07, 6.45) is 1.23. The van der Waals surface area contributed by atoms with Crippen molar-refractivity contribution in [2.45, 2.75) is 5.92 Å². The Kier molecular flexibility index (Phi) is 5.12. The molecule has 1 aliphatic rings. The number of anilines is 1. The standard InChI is InChI=1S/C18H18N4O4/c1-22-11-12(10-19-22)16-8-5-14(9-17(16)25-2)20-18(23)26-15-6-3-13(21-24)4-7-15/h3-10,12H,11H2,1-2H3,(H,20,23). The number of rotatable bonds is 5. The second kappa shape index (κ2) is 7.64. The molecule has 0 fully saturated rings. The maximum absolute atomic E-state index is 12.0. The lowest BCUT2D eigenvalue weighted by Gasteiger charge is -2.15. The molecule has 26 heavy (non-hydrogen) atoms. The zero-order valence-electron chi connectivity index (χ0n) is 14.4. The molecule has 0 bridgehead atoms. The summed E-state index contributed by atoms with van der Waals surface area (Å²) in [4.78, 5) is 22.4. The Morgan fingerprint density at radius 2 is 2.04 bits per heavy atom. The molecule has 1 unspecified atom stereocenters. The molecule has 1 N–H and O–H groups in total. The summed E-state index contributed by atoms with van der Waals surface area (Å²) in [5, 5.41) is 11.5. The van der Waals surface area contributed by atoms with Crippen LogP contribution in [0.25, 0.3) is 0 Å². The van der Waals surface area contributed by atoms with E-state index in [1.165, 1.54) is 24.3 Å². The predicted molar refractivity (Wildman–Crippen MR) is 98.4 cm³/mol. The average Bonchev–Trinajstić information content (AvgIpc) is 3.08. The molecule has 8 nitrogen and oxygen atoms in total. The van der Waals surface area contributed by atoms with E-state index in [4.69, 9.17) is 9.47 Å². The number of benzene rings is 2. The molecule has 1 amide bonds. The van der Waals surface area contributed by atoms with E-state index in [0.717, 1.165) is 12.1 Å². The van der Waals surface area contributed by atoms with E-state index >= 15 is 0 Å². The highest BCUT2D eigenvalue weighted by Crippen LogP contribution is 2.31. The first-order chi connectivity index (χ1) is 12.6. The van der Waals surface area contributed by atoms with Crippen LogP contribution in [-0.4, -0.2) is 38.0 Å². The van der Waals surface area contributed by atoms with Crippen LogP contribution in [0.4, 0.5) is 16.2 Å². The van der Waals surface area contributed by atoms with Gasteiger partial charge in [0.25, 0.3) is 0 Å². The van der Waals surface area contributed by atoms with E-state index in [-0.39, 0.29) is 11.6 Å². The summed E-state index contributed by atoms with van der Waals surface area (Å²) in [5.74, 6) is 1.11. The van der Waals surface area contributed by atoms with E-state index in [9.17, 15) is 9.70 Å². The van der Waals surface area contributed by atoms with E-state index in [1.807, 2.05) is 24.3 Å². The molecule has 0 radical (unpaired) electrons. The Morgan fingerprint density at radius 1 is 1.27 bits per heavy atom. The predicted octanol–water partition coefficient (Wildman–Crippen LogP) is 3.72. The topological polar surface area (TPSA) is 92.6 Å². The minimum Gasteiger partial charge on any atom is -0.496 e. The van der Waals surface area contributed by atoms with Crippen molar-refractivity contribution < 1.29 is 14.3 Å². The Bertz CT molecular complexity index is 836. The van der Waals surface area contributed by atoms with Gasteiger partial charge in [0.15, 0.2) is 0 Å². The zero-order valence-corrected chi connectivity index (χ0v) is 14.4. The van der Waals surface area contributed by atoms with Crippen LogP contribution in [0, 0.1) is 4.91 Å². The molecule has 0 saturated carbocycles. The van der Waals surface area contributed by atoms with E-state index in [1.54, 1.807) is 19.2 Å². The normalized spacial score (nSPS) is 15.6. The molecule has 1 aliphatic heterocycles. The summed E-state index contributed by atoms with van der Waals surface area (Å²) >= 11 is 0. The third-order valence-corrected chi connectivity index (χ3v) is 3.94. The van der Waals surface area contributed by atoms with Crippen LogP contribution in [-0.2, 0) is 0 Å². The number of ether oxygens (including phenoxy) is 2. The largest absolute Gasteiger partial charge is 0.496 e. The van der Waals surface area contributed by atoms with Crippen molar-refractivity contribution in [2.24, 2.45) is 10.3 Å². The molecule has 134 valence electrons. The quantitative estimate of drug-likeness (QED) is 0.826. The SMILES string of the molecule is COc1cc(NC(=O)Oc2ccc(N=O)cc2)ccc1C1C=NN(C)C1. The smallest absolute Gasteiger partial charge is 0.417 e. The number of hydrogen-bond donors (Lipinski definition) is 1. The first kappa shape index (κ1) is 17.4. The third-order valence-electron chi connectivity index (χ3n) is 3.94. The van der Waals surface area contributed by atoms with Crippen LogP contribution < -0.4 is 14.8 Å². The molecule has 3 rings (SSSR count). The number of nitrogens with zero attached hydrogens (tertiary/aromatic N) is 3. The number of carbonyl (C=O) groups is 1. The number of amides is 1. The maximum atomic E-state index is 12.0. The lowest BCUT2D eigenvalue weighted by atomic mass is 9.99. The number of hydrogen-bond acceptors (Lipinski definition) is 7. The molecule has 1 heterocycles. The summed E-state index contributed by atoms with van der Waals surface area (Å²) in [6, 6.07) is 11.3. The molecule has 2 aromatic rings. The van der Waals surface area contributed by atoms with Crippen molar-refractivity contribution in [3.05, 3.63) is 52.9 Å². The number of nitroso groups, excluding NO2 is 1. The van der Waals surface area contributed by atoms with Gasteiger partial charge in [-0.3, -0.25) is 10.3 Å². The summed E-state index contributed by atoms with van der Waals surface area (Å²) in [7, 11) is 3.49. The molecular weight excluding hydrogens is 336 g/mol. The fraction of sp³-hybridized carbons (Fsp3) is 0.222. The second-order valence-electron chi connectivity index (χ2n) is 5.77. The number of nitrogens with one attached hydrogen (secondary N) is 1. The van der Waals surface area contributed by atoms with Gasteiger partial charge in [-0.25, -0.2) is 4.79 Å². The number of carbonyl (C=O) groups excluding carboxylic acids is 1. The minimum atomic E-state index is -0.645. The zero-order chi connectivity index (χ0) is 18.5. The number of likely N-dealkylation sites (N-methyl/N-ethyl adjacent to an activating group) is 1. The van der Waals surface area contributed by atoms with Crippen molar-refractivity contribution in [2.75, 3.05) is 26.0 Å². The maximum Gasteiger partial charge on any atom is 0.417 e. The highest BCUT2D eigenvalue weighted by atomic mass is 16.6. The molecular formula is C18H18N4O4. The summed E-state index contributed by atoms with van der Waals surface area (Å²) < 4.78 is 10.6. The van der Waals surface area contributed by atoms with Crippen LogP contribution >= 0.6 is 0 Å². The fourth-order valence-electron chi connectivity index (χ4n) is 2.67. The van der Waals surface area contributed by atoms with Gasteiger partial charge in [-0.15, -0.1) is 4.91 Å². The van der Waals surface area contributed by atoms with Crippen molar-refractivity contribution in [1.82, 2.24) is 5.01 Å². The van der Waals surface area contributed by atoms with Crippen LogP contribution in [0.5, 0.6) is 11.5 Å². The van der Waals surface area contributed by atoms with Gasteiger partial charge in [0.1, 0.15) is 17.2 Å². The van der Waals surface area contributed by atoms with Crippen molar-refractivity contribution >= 4 is 23.7 Å². The highest BCUT2D eigenvalue weighted by molar-refractivity contribution is 5.87. The molecule has 8 heteroatoms. The Morgan fingerprint density at radius 3 is 2.65 bits per heavy atom. The van der Waals surface area contributed by atoms with Crippen molar-refractivity contribution in [3.63, 3.8) is 0 Å². The van der Waals surface area contributed by atoms with E-state index in [0.29, 0.717) is 17.2 Å². The van der Waals surface area contributed by atoms with Gasteiger partial charge in [-0.1, -0.05) is 6.07 Å². The molecule has 1 atom stereocenters. The lowest BCUT2D eigenvalue weighted by Crippen LogP contribution is -2.17. The molecule has 0 aliphatic carbocycles. The van der Waals surface area contributed by atoms with Crippen LogP contribution in [0.2, 0.25) is 0 Å². The monoisotopic (exact) mass is 354 g/mol. The van der Waals surface area contributed by atoms with E-state index < -0.39 is 6.09 Å². The Hall–Kier alpha value is -3.42. The third kappa shape index (κ3) is 3.97. The number of hydrazone groups is 1.